The van der Waals surface area contributed by atoms with E-state index < -0.39 is 18.1 Å². The van der Waals surface area contributed by atoms with Gasteiger partial charge in [-0.3, -0.25) is 14.2 Å². The summed E-state index contributed by atoms with van der Waals surface area (Å²) in [4.78, 5) is 27.0. The maximum Gasteiger partial charge on any atom is 0.323 e. The zero-order valence-corrected chi connectivity index (χ0v) is 13.6. The Bertz CT molecular complexity index is 842. The number of benzene rings is 1. The molecule has 0 atom stereocenters. The zero-order valence-electron chi connectivity index (χ0n) is 13.6. The Morgan fingerprint density at radius 3 is 3.00 bits per heavy atom. The van der Waals surface area contributed by atoms with Crippen LogP contribution in [0.3, 0.4) is 0 Å². The van der Waals surface area contributed by atoms with Gasteiger partial charge in [0, 0.05) is 30.9 Å². The minimum Gasteiger partial charge on any atom is -0.487 e. The summed E-state index contributed by atoms with van der Waals surface area (Å²) in [5, 5.41) is 11.8. The van der Waals surface area contributed by atoms with Gasteiger partial charge in [0.1, 0.15) is 17.9 Å². The van der Waals surface area contributed by atoms with Crippen LogP contribution in [0.5, 0.6) is 5.75 Å². The quantitative estimate of drug-likeness (QED) is 0.866. The first-order chi connectivity index (χ1) is 11.4. The van der Waals surface area contributed by atoms with Gasteiger partial charge in [0.05, 0.1) is 0 Å². The van der Waals surface area contributed by atoms with Gasteiger partial charge >= 0.3 is 5.97 Å². The van der Waals surface area contributed by atoms with Crippen molar-refractivity contribution in [1.82, 2.24) is 9.55 Å². The Morgan fingerprint density at radius 1 is 1.46 bits per heavy atom. The molecule has 3 rings (SSSR count). The summed E-state index contributed by atoms with van der Waals surface area (Å²) in [7, 11) is 0. The molecule has 2 heterocycles. The Labute approximate surface area is 138 Å². The number of fused-ring (bicyclic) bond motifs is 1. The van der Waals surface area contributed by atoms with Crippen molar-refractivity contribution < 1.29 is 14.6 Å². The first kappa shape index (κ1) is 16.0. The molecule has 1 aliphatic heterocycles. The highest BCUT2D eigenvalue weighted by Gasteiger charge is 2.31. The van der Waals surface area contributed by atoms with E-state index >= 15 is 0 Å². The molecule has 7 heteroatoms. The fraction of sp³-hybridized carbons (Fsp3) is 0.353. The molecular weight excluding hydrogens is 310 g/mol. The number of carbonyl (C=O) groups is 1. The lowest BCUT2D eigenvalue weighted by atomic mass is 10.0. The summed E-state index contributed by atoms with van der Waals surface area (Å²) in [5.74, 6) is -0.115. The van der Waals surface area contributed by atoms with Crippen LogP contribution >= 0.6 is 0 Å². The van der Waals surface area contributed by atoms with Crippen LogP contribution in [0.1, 0.15) is 25.0 Å². The van der Waals surface area contributed by atoms with Crippen molar-refractivity contribution >= 4 is 11.8 Å². The highest BCUT2D eigenvalue weighted by Crippen LogP contribution is 2.37. The molecule has 0 aliphatic carbocycles. The molecular formula is C17H19N3O4. The Kier molecular flexibility index (Phi) is 4.01. The Balaban J connectivity index is 1.80. The maximum absolute atomic E-state index is 12.2. The van der Waals surface area contributed by atoms with Crippen molar-refractivity contribution in [3.8, 4) is 5.75 Å². The molecule has 2 aromatic rings. The second-order valence-corrected chi connectivity index (χ2v) is 6.40. The third kappa shape index (κ3) is 3.24. The van der Waals surface area contributed by atoms with E-state index in [-0.39, 0.29) is 11.4 Å². The molecule has 0 radical (unpaired) electrons. The first-order valence-electron chi connectivity index (χ1n) is 7.67. The number of hydrogen-bond acceptors (Lipinski definition) is 5. The zero-order chi connectivity index (χ0) is 17.3. The number of para-hydroxylation sites is 1. The monoisotopic (exact) mass is 329 g/mol. The van der Waals surface area contributed by atoms with Crippen molar-refractivity contribution in [2.24, 2.45) is 0 Å². The van der Waals surface area contributed by atoms with Gasteiger partial charge in [-0.1, -0.05) is 18.2 Å². The molecule has 0 bridgehead atoms. The molecule has 0 amide bonds. The molecule has 0 unspecified atom stereocenters. The smallest absolute Gasteiger partial charge is 0.323 e. The molecule has 0 spiro atoms. The van der Waals surface area contributed by atoms with Gasteiger partial charge in [-0.05, 0) is 19.4 Å². The highest BCUT2D eigenvalue weighted by molar-refractivity contribution is 5.66. The van der Waals surface area contributed by atoms with Crippen LogP contribution in [0.4, 0.5) is 5.82 Å². The molecule has 0 saturated carbocycles. The van der Waals surface area contributed by atoms with Gasteiger partial charge in [0.2, 0.25) is 0 Å². The van der Waals surface area contributed by atoms with E-state index in [0.29, 0.717) is 6.54 Å². The molecule has 0 saturated heterocycles. The van der Waals surface area contributed by atoms with Crippen LogP contribution in [0.25, 0.3) is 0 Å². The lowest BCUT2D eigenvalue weighted by molar-refractivity contribution is -0.137. The number of carboxylic acid groups (broad SMARTS) is 1. The van der Waals surface area contributed by atoms with E-state index in [1.54, 1.807) is 0 Å². The largest absolute Gasteiger partial charge is 0.487 e. The second-order valence-electron chi connectivity index (χ2n) is 6.40. The number of hydrogen-bond donors (Lipinski definition) is 2. The molecule has 1 aliphatic rings. The standard InChI is InChI=1S/C17H19N3O4/c1-17(2)8-11-4-3-5-12(14(11)24-17)9-19-15-16(23)20(7-6-18-15)10-13(21)22/h3-7H,8-10H2,1-2H3,(H,18,19)(H,21,22). The number of rotatable bonds is 5. The van der Waals surface area contributed by atoms with Gasteiger partial charge in [-0.15, -0.1) is 0 Å². The molecule has 1 aromatic carbocycles. The van der Waals surface area contributed by atoms with Crippen LogP contribution in [0.2, 0.25) is 0 Å². The summed E-state index contributed by atoms with van der Waals surface area (Å²) in [6, 6.07) is 5.93. The summed E-state index contributed by atoms with van der Waals surface area (Å²) in [5.41, 5.74) is 1.38. The predicted octanol–water partition coefficient (Wildman–Crippen LogP) is 1.65. The number of anilines is 1. The van der Waals surface area contributed by atoms with Crippen molar-refractivity contribution in [3.05, 3.63) is 52.1 Å². The van der Waals surface area contributed by atoms with Crippen molar-refractivity contribution in [1.29, 1.82) is 0 Å². The van der Waals surface area contributed by atoms with Gasteiger partial charge in [-0.2, -0.15) is 0 Å². The van der Waals surface area contributed by atoms with Crippen LogP contribution in [-0.2, 0) is 24.3 Å². The summed E-state index contributed by atoms with van der Waals surface area (Å²) in [6.45, 7) is 4.05. The number of carboxylic acids is 1. The average molecular weight is 329 g/mol. The van der Waals surface area contributed by atoms with E-state index in [4.69, 9.17) is 9.84 Å². The molecule has 126 valence electrons. The van der Waals surface area contributed by atoms with Gasteiger partial charge in [-0.25, -0.2) is 4.98 Å². The van der Waals surface area contributed by atoms with E-state index in [0.717, 1.165) is 27.9 Å². The third-order valence-corrected chi connectivity index (χ3v) is 3.84. The molecule has 7 nitrogen and oxygen atoms in total. The normalized spacial score (nSPS) is 14.8. The van der Waals surface area contributed by atoms with Crippen LogP contribution in [-0.4, -0.2) is 26.2 Å². The van der Waals surface area contributed by atoms with Crippen LogP contribution in [0, 0.1) is 0 Å². The fourth-order valence-electron chi connectivity index (χ4n) is 2.84. The highest BCUT2D eigenvalue weighted by atomic mass is 16.5. The average Bonchev–Trinajstić information content (AvgIpc) is 2.82. The van der Waals surface area contributed by atoms with Gasteiger partial charge < -0.3 is 15.2 Å². The maximum atomic E-state index is 12.2. The van der Waals surface area contributed by atoms with E-state index in [1.807, 2.05) is 32.0 Å². The number of aromatic nitrogens is 2. The molecule has 24 heavy (non-hydrogen) atoms. The summed E-state index contributed by atoms with van der Waals surface area (Å²) >= 11 is 0. The molecule has 2 N–H and O–H groups in total. The van der Waals surface area contributed by atoms with Gasteiger partial charge in [0.15, 0.2) is 5.82 Å². The topological polar surface area (TPSA) is 93.5 Å². The van der Waals surface area contributed by atoms with Crippen LogP contribution in [0.15, 0.2) is 35.4 Å². The predicted molar refractivity (Wildman–Crippen MR) is 88.3 cm³/mol. The number of nitrogens with zero attached hydrogens (tertiary/aromatic N) is 2. The van der Waals surface area contributed by atoms with E-state index in [2.05, 4.69) is 10.3 Å². The van der Waals surface area contributed by atoms with Gasteiger partial charge in [0.25, 0.3) is 5.56 Å². The van der Waals surface area contributed by atoms with Crippen LogP contribution < -0.4 is 15.6 Å². The van der Waals surface area contributed by atoms with E-state index in [9.17, 15) is 9.59 Å². The summed E-state index contributed by atoms with van der Waals surface area (Å²) < 4.78 is 7.10. The number of aliphatic carboxylic acids is 1. The van der Waals surface area contributed by atoms with Crippen molar-refractivity contribution in [3.63, 3.8) is 0 Å². The lowest BCUT2D eigenvalue weighted by Gasteiger charge is -2.18. The Morgan fingerprint density at radius 2 is 2.25 bits per heavy atom. The van der Waals surface area contributed by atoms with E-state index in [1.165, 1.54) is 12.4 Å². The van der Waals surface area contributed by atoms with Crippen molar-refractivity contribution in [2.75, 3.05) is 5.32 Å². The molecule has 0 fully saturated rings. The Hall–Kier alpha value is -2.83. The second kappa shape index (κ2) is 5.99. The first-order valence-corrected chi connectivity index (χ1v) is 7.67. The summed E-state index contributed by atoms with van der Waals surface area (Å²) in [6.07, 6.45) is 3.60. The SMILES string of the molecule is CC1(C)Cc2cccc(CNc3nccn(CC(=O)O)c3=O)c2O1. The minimum atomic E-state index is -1.08. The lowest BCUT2D eigenvalue weighted by Crippen LogP contribution is -2.27. The third-order valence-electron chi connectivity index (χ3n) is 3.84. The number of nitrogens with one attached hydrogen (secondary N) is 1. The molecule has 1 aromatic heterocycles. The van der Waals surface area contributed by atoms with Crippen molar-refractivity contribution in [2.45, 2.75) is 39.0 Å². The number of ether oxygens (including phenoxy) is 1. The minimum absolute atomic E-state index is 0.119. The fourth-order valence-corrected chi connectivity index (χ4v) is 2.84.